The minimum atomic E-state index is 0.265. The number of hydrogen-bond acceptors (Lipinski definition) is 7. The maximum atomic E-state index is 7.49. The van der Waals surface area contributed by atoms with Crippen molar-refractivity contribution in [3.05, 3.63) is 39.5 Å². The van der Waals surface area contributed by atoms with Crippen molar-refractivity contribution in [3.63, 3.8) is 0 Å². The fourth-order valence-electron chi connectivity index (χ4n) is 3.33. The van der Waals surface area contributed by atoms with Crippen molar-refractivity contribution in [1.29, 1.82) is 5.41 Å². The molecule has 1 aliphatic rings. The van der Waals surface area contributed by atoms with Gasteiger partial charge in [0, 0.05) is 35.9 Å². The maximum absolute atomic E-state index is 7.49. The van der Waals surface area contributed by atoms with Gasteiger partial charge in [-0.2, -0.15) is 0 Å². The van der Waals surface area contributed by atoms with Crippen molar-refractivity contribution in [2.45, 2.75) is 25.4 Å². The molecule has 1 aliphatic carbocycles. The Hall–Kier alpha value is -2.22. The van der Waals surface area contributed by atoms with Gasteiger partial charge in [0.2, 0.25) is 0 Å². The Labute approximate surface area is 159 Å². The number of methoxy groups -OCH3 is 1. The van der Waals surface area contributed by atoms with Crippen LogP contribution in [0.4, 0.5) is 17.2 Å². The number of aryl methyl sites for hydroxylation is 1. The van der Waals surface area contributed by atoms with Crippen LogP contribution in [0.5, 0.6) is 0 Å². The first-order valence-corrected chi connectivity index (χ1v) is 9.44. The molecule has 1 unspecified atom stereocenters. The number of nitrogens with one attached hydrogen (secondary N) is 2. The number of halogens is 1. The number of benzene rings is 1. The number of nitrogens with zero attached hydrogens (tertiary/aromatic N) is 2. The number of hydrogen-bond donors (Lipinski definition) is 3. The van der Waals surface area contributed by atoms with E-state index in [-0.39, 0.29) is 6.10 Å². The molecule has 26 heavy (non-hydrogen) atoms. The van der Waals surface area contributed by atoms with E-state index in [1.807, 2.05) is 0 Å². The first-order chi connectivity index (χ1) is 12.6. The first kappa shape index (κ1) is 17.2. The number of thiophene rings is 1. The van der Waals surface area contributed by atoms with Gasteiger partial charge in [0.25, 0.3) is 0 Å². The second kappa shape index (κ2) is 6.83. The summed E-state index contributed by atoms with van der Waals surface area (Å²) in [5.41, 5.74) is 8.93. The molecular weight excluding hydrogens is 370 g/mol. The summed E-state index contributed by atoms with van der Waals surface area (Å²) >= 11 is 8.04. The zero-order valence-electron chi connectivity index (χ0n) is 14.2. The molecule has 2 heterocycles. The third-order valence-electron chi connectivity index (χ3n) is 4.71. The number of fused-ring (bicyclic) bond motifs is 3. The summed E-state index contributed by atoms with van der Waals surface area (Å²) in [5.74, 6) is 0.728. The number of nitrogen functional groups attached to an aromatic ring is 1. The predicted octanol–water partition coefficient (Wildman–Crippen LogP) is 4.17. The van der Waals surface area contributed by atoms with E-state index in [1.54, 1.807) is 36.9 Å². The normalized spacial score (nSPS) is 16.5. The lowest BCUT2D eigenvalue weighted by Gasteiger charge is -2.21. The quantitative estimate of drug-likeness (QED) is 0.461. The third kappa shape index (κ3) is 2.92. The fraction of sp³-hybridized carbons (Fsp3) is 0.278. The van der Waals surface area contributed by atoms with Crippen molar-refractivity contribution >= 4 is 56.6 Å². The van der Waals surface area contributed by atoms with Crippen LogP contribution < -0.4 is 11.1 Å². The van der Waals surface area contributed by atoms with Crippen LogP contribution in [0.3, 0.4) is 0 Å². The molecule has 4 rings (SSSR count). The van der Waals surface area contributed by atoms with Crippen LogP contribution in [0, 0.1) is 5.41 Å². The summed E-state index contributed by atoms with van der Waals surface area (Å²) in [7, 11) is 1.76. The summed E-state index contributed by atoms with van der Waals surface area (Å²) in [6.07, 6.45) is 5.88. The largest absolute Gasteiger partial charge is 0.398 e. The van der Waals surface area contributed by atoms with Gasteiger partial charge in [-0.3, -0.25) is 0 Å². The smallest absolute Gasteiger partial charge is 0.142 e. The molecule has 1 aromatic carbocycles. The number of anilines is 3. The van der Waals surface area contributed by atoms with Crippen LogP contribution in [0.25, 0.3) is 10.2 Å². The zero-order valence-corrected chi connectivity index (χ0v) is 15.7. The lowest BCUT2D eigenvalue weighted by Crippen LogP contribution is -2.19. The van der Waals surface area contributed by atoms with Gasteiger partial charge in [0.1, 0.15) is 17.0 Å². The van der Waals surface area contributed by atoms with Crippen LogP contribution in [-0.4, -0.2) is 29.4 Å². The summed E-state index contributed by atoms with van der Waals surface area (Å²) in [6, 6.07) is 3.41. The number of ether oxygens (including phenoxy) is 1. The Morgan fingerprint density at radius 3 is 3.04 bits per heavy atom. The van der Waals surface area contributed by atoms with E-state index in [2.05, 4.69) is 15.3 Å². The number of nitrogens with two attached hydrogens (primary N) is 1. The minimum absolute atomic E-state index is 0.265. The zero-order chi connectivity index (χ0) is 18.3. The van der Waals surface area contributed by atoms with Crippen molar-refractivity contribution in [1.82, 2.24) is 9.97 Å². The highest BCUT2D eigenvalue weighted by atomic mass is 35.5. The van der Waals surface area contributed by atoms with E-state index >= 15 is 0 Å². The minimum Gasteiger partial charge on any atom is -0.398 e. The molecule has 0 spiro atoms. The van der Waals surface area contributed by atoms with Gasteiger partial charge in [-0.05, 0) is 30.5 Å². The van der Waals surface area contributed by atoms with Gasteiger partial charge >= 0.3 is 0 Å². The lowest BCUT2D eigenvalue weighted by molar-refractivity contribution is 0.0922. The van der Waals surface area contributed by atoms with E-state index in [9.17, 15) is 0 Å². The van der Waals surface area contributed by atoms with Crippen molar-refractivity contribution < 1.29 is 4.74 Å². The Morgan fingerprint density at radius 2 is 2.27 bits per heavy atom. The molecule has 134 valence electrons. The van der Waals surface area contributed by atoms with Gasteiger partial charge in [0.05, 0.1) is 22.2 Å². The molecule has 0 radical (unpaired) electrons. The van der Waals surface area contributed by atoms with E-state index in [0.717, 1.165) is 35.3 Å². The highest BCUT2D eigenvalue weighted by Crippen LogP contribution is 2.40. The molecule has 3 aromatic rings. The van der Waals surface area contributed by atoms with Crippen LogP contribution in [-0.2, 0) is 17.6 Å². The standard InChI is InChI=1S/C18H18ClN5OS/c1-25-10-2-3-11-15(5-10)26-18-16(11)17(22-8-23-18)24-14-4-9(7-20)13(21)6-12(14)19/h4,6-8,10,20H,2-3,5,21H2,1H3,(H,22,23,24). The summed E-state index contributed by atoms with van der Waals surface area (Å²) in [4.78, 5) is 11.2. The van der Waals surface area contributed by atoms with E-state index in [0.29, 0.717) is 22.0 Å². The fourth-order valence-corrected chi connectivity index (χ4v) is 4.80. The highest BCUT2D eigenvalue weighted by molar-refractivity contribution is 7.19. The Kier molecular flexibility index (Phi) is 4.52. The Balaban J connectivity index is 1.79. The van der Waals surface area contributed by atoms with E-state index in [4.69, 9.17) is 27.5 Å². The predicted molar refractivity (Wildman–Crippen MR) is 107 cm³/mol. The number of aromatic nitrogens is 2. The molecule has 0 bridgehead atoms. The molecule has 0 aliphatic heterocycles. The first-order valence-electron chi connectivity index (χ1n) is 8.25. The lowest BCUT2D eigenvalue weighted by atomic mass is 9.94. The van der Waals surface area contributed by atoms with Gasteiger partial charge in [-0.1, -0.05) is 11.6 Å². The summed E-state index contributed by atoms with van der Waals surface area (Å²) in [5, 5.41) is 12.3. The second-order valence-corrected chi connectivity index (χ2v) is 7.73. The molecule has 0 amide bonds. The Morgan fingerprint density at radius 1 is 1.42 bits per heavy atom. The molecule has 0 fully saturated rings. The molecule has 2 aromatic heterocycles. The molecule has 6 nitrogen and oxygen atoms in total. The van der Waals surface area contributed by atoms with Gasteiger partial charge in [-0.15, -0.1) is 11.3 Å². The average Bonchev–Trinajstić information content (AvgIpc) is 3.02. The Bertz CT molecular complexity index is 1000. The number of rotatable bonds is 4. The third-order valence-corrected chi connectivity index (χ3v) is 6.19. The van der Waals surface area contributed by atoms with Gasteiger partial charge in [-0.25, -0.2) is 9.97 Å². The van der Waals surface area contributed by atoms with Crippen molar-refractivity contribution in [3.8, 4) is 0 Å². The topological polar surface area (TPSA) is 96.9 Å². The average molecular weight is 388 g/mol. The van der Waals surface area contributed by atoms with Crippen LogP contribution >= 0.6 is 22.9 Å². The van der Waals surface area contributed by atoms with E-state index in [1.165, 1.54) is 16.7 Å². The van der Waals surface area contributed by atoms with Crippen LogP contribution in [0.1, 0.15) is 22.4 Å². The van der Waals surface area contributed by atoms with E-state index < -0.39 is 0 Å². The molecule has 0 saturated carbocycles. The van der Waals surface area contributed by atoms with Crippen LogP contribution in [0.2, 0.25) is 5.02 Å². The summed E-state index contributed by atoms with van der Waals surface area (Å²) in [6.45, 7) is 0. The van der Waals surface area contributed by atoms with Gasteiger partial charge in [0.15, 0.2) is 0 Å². The van der Waals surface area contributed by atoms with Crippen LogP contribution in [0.15, 0.2) is 18.5 Å². The molecule has 8 heteroatoms. The SMILES string of the molecule is COC1CCc2c(sc3ncnc(Nc4cc(C=N)c(N)cc4Cl)c23)C1. The maximum Gasteiger partial charge on any atom is 0.142 e. The van der Waals surface area contributed by atoms with Crippen molar-refractivity contribution in [2.75, 3.05) is 18.2 Å². The monoisotopic (exact) mass is 387 g/mol. The molecule has 4 N–H and O–H groups in total. The highest BCUT2D eigenvalue weighted by Gasteiger charge is 2.25. The second-order valence-electron chi connectivity index (χ2n) is 6.24. The molecule has 1 atom stereocenters. The molecule has 0 saturated heterocycles. The van der Waals surface area contributed by atoms with Crippen molar-refractivity contribution in [2.24, 2.45) is 0 Å². The summed E-state index contributed by atoms with van der Waals surface area (Å²) < 4.78 is 5.53. The molecular formula is C18H18ClN5OS. The van der Waals surface area contributed by atoms with Gasteiger partial charge < -0.3 is 21.2 Å².